The maximum atomic E-state index is 14.7. The molecule has 4 amide bonds. The maximum absolute atomic E-state index is 14.7. The minimum Gasteiger partial charge on any atom is -0.371 e. The van der Waals surface area contributed by atoms with Gasteiger partial charge in [-0.05, 0) is 86.4 Å². The zero-order valence-electron chi connectivity index (χ0n) is 29.8. The molecule has 0 unspecified atom stereocenters. The number of carbonyl (C=O) groups excluding carboxylic acids is 4. The number of anilines is 2. The van der Waals surface area contributed by atoms with Crippen LogP contribution in [0.15, 0.2) is 36.4 Å². The van der Waals surface area contributed by atoms with E-state index in [4.69, 9.17) is 0 Å². The lowest BCUT2D eigenvalue weighted by molar-refractivity contribution is 0.0487. The number of fused-ring (bicyclic) bond motifs is 2. The van der Waals surface area contributed by atoms with Crippen LogP contribution in [0.25, 0.3) is 43.1 Å². The third-order valence-electron chi connectivity index (χ3n) is 13.6. The van der Waals surface area contributed by atoms with Crippen molar-refractivity contribution in [1.29, 1.82) is 0 Å². The standard InChI is InChI=1S/C44H44N4O4/c49-41-29-17-15-27-38-34(46-21-9-10-22-46)24-32-36-30(42(50)48(44(32)52)26-13-5-2-6-14-26)18-16-28(40(36)38)37-33(45-19-7-8-20-45)23-31(35(29)39(27)37)43(51)47(41)25-11-3-1-4-12-25/h15-18,23-26H,1-14,19-22H2. The maximum Gasteiger partial charge on any atom is 0.261 e. The first-order valence-electron chi connectivity index (χ1n) is 20.0. The first kappa shape index (κ1) is 30.9. The van der Waals surface area contributed by atoms with Crippen LogP contribution in [0.4, 0.5) is 11.4 Å². The van der Waals surface area contributed by atoms with Gasteiger partial charge < -0.3 is 9.80 Å². The van der Waals surface area contributed by atoms with Gasteiger partial charge in [-0.2, -0.15) is 0 Å². The van der Waals surface area contributed by atoms with Gasteiger partial charge in [0.2, 0.25) is 0 Å². The van der Waals surface area contributed by atoms with Crippen LogP contribution < -0.4 is 9.80 Å². The van der Waals surface area contributed by atoms with Crippen LogP contribution in [0.1, 0.15) is 131 Å². The van der Waals surface area contributed by atoms with Crippen LogP contribution in [0, 0.1) is 0 Å². The van der Waals surface area contributed by atoms with Gasteiger partial charge in [0.05, 0.1) is 11.1 Å². The Morgan fingerprint density at radius 1 is 0.385 bits per heavy atom. The lowest BCUT2D eigenvalue weighted by atomic mass is 9.80. The third-order valence-corrected chi connectivity index (χ3v) is 13.6. The van der Waals surface area contributed by atoms with Gasteiger partial charge in [0, 0.05) is 93.1 Å². The van der Waals surface area contributed by atoms with Crippen molar-refractivity contribution in [3.63, 3.8) is 0 Å². The molecule has 264 valence electrons. The number of imide groups is 2. The van der Waals surface area contributed by atoms with E-state index in [0.717, 1.165) is 171 Å². The fourth-order valence-corrected chi connectivity index (χ4v) is 11.2. The average molecular weight is 693 g/mol. The third kappa shape index (κ3) is 4.09. The first-order chi connectivity index (χ1) is 25.5. The summed E-state index contributed by atoms with van der Waals surface area (Å²) < 4.78 is 0. The minimum absolute atomic E-state index is 0.0682. The highest BCUT2D eigenvalue weighted by molar-refractivity contribution is 6.44. The van der Waals surface area contributed by atoms with Crippen LogP contribution in [0.5, 0.6) is 0 Å². The number of amides is 4. The van der Waals surface area contributed by atoms with E-state index in [0.29, 0.717) is 22.3 Å². The van der Waals surface area contributed by atoms with Gasteiger partial charge in [0.1, 0.15) is 0 Å². The molecule has 4 fully saturated rings. The molecule has 2 aliphatic carbocycles. The van der Waals surface area contributed by atoms with Gasteiger partial charge in [0.15, 0.2) is 0 Å². The van der Waals surface area contributed by atoms with E-state index in [-0.39, 0.29) is 35.7 Å². The van der Waals surface area contributed by atoms with Crippen molar-refractivity contribution in [3.8, 4) is 0 Å². The van der Waals surface area contributed by atoms with E-state index in [1.165, 1.54) is 0 Å². The molecule has 2 saturated heterocycles. The Morgan fingerprint density at radius 3 is 1.13 bits per heavy atom. The summed E-state index contributed by atoms with van der Waals surface area (Å²) in [7, 11) is 0. The highest BCUT2D eigenvalue weighted by Gasteiger charge is 2.43. The summed E-state index contributed by atoms with van der Waals surface area (Å²) in [4.78, 5) is 66.3. The molecule has 2 saturated carbocycles. The summed E-state index contributed by atoms with van der Waals surface area (Å²) in [5.74, 6) is -0.678. The summed E-state index contributed by atoms with van der Waals surface area (Å²) in [5.41, 5.74) is 4.53. The quantitative estimate of drug-likeness (QED) is 0.106. The van der Waals surface area contributed by atoms with Gasteiger partial charge in [-0.3, -0.25) is 29.0 Å². The highest BCUT2D eigenvalue weighted by atomic mass is 16.2. The van der Waals surface area contributed by atoms with Crippen LogP contribution in [-0.4, -0.2) is 71.7 Å². The molecule has 0 radical (unpaired) electrons. The number of benzene rings is 5. The van der Waals surface area contributed by atoms with Crippen molar-refractivity contribution in [2.24, 2.45) is 0 Å². The molecule has 0 N–H and O–H groups in total. The van der Waals surface area contributed by atoms with Crippen LogP contribution in [0.2, 0.25) is 0 Å². The van der Waals surface area contributed by atoms with Crippen LogP contribution >= 0.6 is 0 Å². The molecule has 11 rings (SSSR count). The molecule has 4 aliphatic heterocycles. The molecule has 5 aromatic carbocycles. The summed E-state index contributed by atoms with van der Waals surface area (Å²) in [6.07, 6.45) is 14.2. The van der Waals surface area contributed by atoms with E-state index >= 15 is 0 Å². The van der Waals surface area contributed by atoms with E-state index in [1.54, 1.807) is 9.80 Å². The number of hydrogen-bond acceptors (Lipinski definition) is 6. The first-order valence-corrected chi connectivity index (χ1v) is 20.0. The van der Waals surface area contributed by atoms with Crippen molar-refractivity contribution in [1.82, 2.24) is 9.80 Å². The molecule has 5 aromatic rings. The second-order valence-corrected chi connectivity index (χ2v) is 16.4. The van der Waals surface area contributed by atoms with Crippen molar-refractivity contribution in [3.05, 3.63) is 58.7 Å². The second-order valence-electron chi connectivity index (χ2n) is 16.4. The topological polar surface area (TPSA) is 81.2 Å². The van der Waals surface area contributed by atoms with Gasteiger partial charge in [0.25, 0.3) is 23.6 Å². The SMILES string of the molecule is O=C1c2ccc3c4c(N5CCCC5)cc5c6c(ccc(c7c(N8CCCC8)cc(c2c37)C(=O)N1C1CCCCC1)c64)C(=O)N(C1CCCCC1)C5=O. The Balaban J connectivity index is 1.26. The molecule has 0 spiro atoms. The fourth-order valence-electron chi connectivity index (χ4n) is 11.2. The van der Waals surface area contributed by atoms with Crippen molar-refractivity contribution in [2.75, 3.05) is 36.0 Å². The predicted molar refractivity (Wildman–Crippen MR) is 205 cm³/mol. The Labute approximate surface area is 303 Å². The molecule has 8 heteroatoms. The highest BCUT2D eigenvalue weighted by Crippen LogP contribution is 2.53. The van der Waals surface area contributed by atoms with Gasteiger partial charge in [-0.1, -0.05) is 50.7 Å². The zero-order chi connectivity index (χ0) is 34.8. The van der Waals surface area contributed by atoms with Crippen LogP contribution in [-0.2, 0) is 0 Å². The van der Waals surface area contributed by atoms with Gasteiger partial charge in [-0.15, -0.1) is 0 Å². The Morgan fingerprint density at radius 2 is 0.750 bits per heavy atom. The predicted octanol–water partition coefficient (Wildman–Crippen LogP) is 8.80. The van der Waals surface area contributed by atoms with Crippen molar-refractivity contribution < 1.29 is 19.2 Å². The lowest BCUT2D eigenvalue weighted by Crippen LogP contribution is -2.48. The number of carbonyl (C=O) groups is 4. The number of nitrogens with zero attached hydrogens (tertiary/aromatic N) is 4. The van der Waals surface area contributed by atoms with E-state index in [9.17, 15) is 19.2 Å². The summed E-state index contributed by atoms with van der Waals surface area (Å²) in [5, 5.41) is 7.51. The molecule has 0 bridgehead atoms. The Bertz CT molecular complexity index is 2220. The molecule has 0 aromatic heterocycles. The normalized spacial score (nSPS) is 21.8. The molecule has 4 heterocycles. The second kappa shape index (κ2) is 11.4. The average Bonchev–Trinajstić information content (AvgIpc) is 3.92. The molecular weight excluding hydrogens is 649 g/mol. The van der Waals surface area contributed by atoms with Crippen molar-refractivity contribution in [2.45, 2.75) is 102 Å². The Hall–Kier alpha value is -4.72. The van der Waals surface area contributed by atoms with E-state index in [2.05, 4.69) is 34.1 Å². The monoisotopic (exact) mass is 692 g/mol. The van der Waals surface area contributed by atoms with E-state index in [1.807, 2.05) is 12.1 Å². The molecule has 6 aliphatic rings. The summed E-state index contributed by atoms with van der Waals surface area (Å²) >= 11 is 0. The molecular formula is C44H44N4O4. The summed E-state index contributed by atoms with van der Waals surface area (Å²) in [6, 6.07) is 12.2. The fraction of sp³-hybridized carbons (Fsp3) is 0.455. The molecule has 8 nitrogen and oxygen atoms in total. The van der Waals surface area contributed by atoms with Crippen LogP contribution in [0.3, 0.4) is 0 Å². The van der Waals surface area contributed by atoms with E-state index < -0.39 is 0 Å². The van der Waals surface area contributed by atoms with Crippen molar-refractivity contribution >= 4 is 78.1 Å². The largest absolute Gasteiger partial charge is 0.371 e. The Kier molecular flexibility index (Phi) is 6.76. The van der Waals surface area contributed by atoms with Gasteiger partial charge >= 0.3 is 0 Å². The lowest BCUT2D eigenvalue weighted by Gasteiger charge is -2.38. The van der Waals surface area contributed by atoms with Gasteiger partial charge in [-0.25, -0.2) is 0 Å². The smallest absolute Gasteiger partial charge is 0.261 e. The number of rotatable bonds is 4. The summed E-state index contributed by atoms with van der Waals surface area (Å²) in [6.45, 7) is 3.58. The zero-order valence-corrected chi connectivity index (χ0v) is 29.8. The number of hydrogen-bond donors (Lipinski definition) is 0. The minimum atomic E-state index is -0.175. The molecule has 0 atom stereocenters. The molecule has 52 heavy (non-hydrogen) atoms.